The molecule has 2 atom stereocenters. The highest BCUT2D eigenvalue weighted by Gasteiger charge is 2.16. The molecular formula is C45H80O6. The molecule has 0 spiro atoms. The van der Waals surface area contributed by atoms with Gasteiger partial charge in [-0.3, -0.25) is 9.59 Å². The summed E-state index contributed by atoms with van der Waals surface area (Å²) in [5, 5.41) is 19.5. The van der Waals surface area contributed by atoms with Crippen LogP contribution in [0.25, 0.3) is 0 Å². The van der Waals surface area contributed by atoms with E-state index in [-0.39, 0.29) is 25.6 Å². The van der Waals surface area contributed by atoms with Crippen molar-refractivity contribution < 1.29 is 29.3 Å². The summed E-state index contributed by atoms with van der Waals surface area (Å²) < 4.78 is 10.6. The maximum Gasteiger partial charge on any atom is 0.306 e. The van der Waals surface area contributed by atoms with Gasteiger partial charge in [-0.25, -0.2) is 0 Å². The number of carbonyl (C=O) groups excluding carboxylic acids is 2. The molecule has 6 heteroatoms. The molecule has 0 aromatic rings. The van der Waals surface area contributed by atoms with Crippen molar-refractivity contribution in [2.24, 2.45) is 5.92 Å². The van der Waals surface area contributed by atoms with E-state index in [0.29, 0.717) is 19.3 Å². The maximum atomic E-state index is 12.2. The number of rotatable bonds is 37. The fourth-order valence-corrected chi connectivity index (χ4v) is 5.87. The second-order valence-corrected chi connectivity index (χ2v) is 14.7. The quantitative estimate of drug-likeness (QED) is 0.0288. The molecule has 0 heterocycles. The highest BCUT2D eigenvalue weighted by atomic mass is 16.6. The summed E-state index contributed by atoms with van der Waals surface area (Å²) in [4.78, 5) is 24.3. The van der Waals surface area contributed by atoms with Gasteiger partial charge in [-0.2, -0.15) is 0 Å². The second-order valence-electron chi connectivity index (χ2n) is 14.7. The minimum absolute atomic E-state index is 0.104. The minimum atomic E-state index is -0.820. The van der Waals surface area contributed by atoms with Crippen LogP contribution in [0.2, 0.25) is 0 Å². The Morgan fingerprint density at radius 1 is 0.608 bits per heavy atom. The Labute approximate surface area is 314 Å². The number of ether oxygens (including phenoxy) is 2. The van der Waals surface area contributed by atoms with Crippen molar-refractivity contribution in [3.8, 4) is 0 Å². The normalized spacial score (nSPS) is 13.4. The van der Waals surface area contributed by atoms with Crippen LogP contribution in [0.3, 0.4) is 0 Å². The fraction of sp³-hybridized carbons (Fsp3) is 0.778. The van der Waals surface area contributed by atoms with Gasteiger partial charge in [0.1, 0.15) is 6.61 Å². The summed E-state index contributed by atoms with van der Waals surface area (Å²) in [6, 6.07) is 0. The average molecular weight is 717 g/mol. The van der Waals surface area contributed by atoms with E-state index >= 15 is 0 Å². The van der Waals surface area contributed by atoms with Crippen LogP contribution in [-0.2, 0) is 19.1 Å². The van der Waals surface area contributed by atoms with Crippen molar-refractivity contribution in [3.05, 3.63) is 48.6 Å². The number of aliphatic hydroxyl groups excluding tert-OH is 2. The average Bonchev–Trinajstić information content (AvgIpc) is 3.11. The summed E-state index contributed by atoms with van der Waals surface area (Å²) in [7, 11) is 0. The van der Waals surface area contributed by atoms with Gasteiger partial charge in [0, 0.05) is 12.8 Å². The van der Waals surface area contributed by atoms with Crippen LogP contribution >= 0.6 is 0 Å². The Hall–Kier alpha value is -2.18. The number of allylic oxidation sites excluding steroid dienone is 6. The molecule has 0 radical (unpaired) electrons. The van der Waals surface area contributed by atoms with Crippen LogP contribution in [0.1, 0.15) is 194 Å². The molecule has 0 saturated carbocycles. The molecular weight excluding hydrogens is 636 g/mol. The maximum absolute atomic E-state index is 12.2. The van der Waals surface area contributed by atoms with E-state index in [4.69, 9.17) is 9.47 Å². The van der Waals surface area contributed by atoms with E-state index in [0.717, 1.165) is 44.4 Å². The number of carbonyl (C=O) groups is 2. The summed E-state index contributed by atoms with van der Waals surface area (Å²) >= 11 is 0. The van der Waals surface area contributed by atoms with Crippen LogP contribution in [0.15, 0.2) is 48.6 Å². The standard InChI is InChI=1S/C45H80O6/c1-4-5-6-7-25-30-35-42(47)36-31-26-21-18-19-23-28-33-38-45(49)51-43(39-46)40-50-44(48)37-32-27-22-17-15-13-11-9-8-10-12-14-16-20-24-29-34-41(2)3/h19,21,23,25-26,30-31,36,41-43,46-47H,4-18,20,22,24,27-29,32-35,37-40H2,1-3H3/b23-19-,26-21-,30-25-,36-31+/t42-,43-/m0/s1. The van der Waals surface area contributed by atoms with E-state index in [1.807, 2.05) is 30.4 Å². The molecule has 51 heavy (non-hydrogen) atoms. The number of hydrogen-bond acceptors (Lipinski definition) is 6. The van der Waals surface area contributed by atoms with Gasteiger partial charge in [0.25, 0.3) is 0 Å². The first-order valence-corrected chi connectivity index (χ1v) is 21.2. The van der Waals surface area contributed by atoms with Crippen molar-refractivity contribution in [3.63, 3.8) is 0 Å². The molecule has 296 valence electrons. The minimum Gasteiger partial charge on any atom is -0.462 e. The first kappa shape index (κ1) is 48.8. The summed E-state index contributed by atoms with van der Waals surface area (Å²) in [6.45, 7) is 6.36. The molecule has 0 unspecified atom stereocenters. The summed E-state index contributed by atoms with van der Waals surface area (Å²) in [5.74, 6) is 0.160. The first-order valence-electron chi connectivity index (χ1n) is 21.2. The predicted octanol–water partition coefficient (Wildman–Crippen LogP) is 12.2. The van der Waals surface area contributed by atoms with Gasteiger partial charge in [-0.1, -0.05) is 185 Å². The van der Waals surface area contributed by atoms with Crippen LogP contribution in [0.5, 0.6) is 0 Å². The molecule has 6 nitrogen and oxygen atoms in total. The Kier molecular flexibility index (Phi) is 37.4. The molecule has 0 aromatic heterocycles. The van der Waals surface area contributed by atoms with Crippen LogP contribution in [-0.4, -0.2) is 47.6 Å². The Balaban J connectivity index is 3.67. The zero-order valence-electron chi connectivity index (χ0n) is 33.4. The number of aliphatic hydroxyl groups is 2. The van der Waals surface area contributed by atoms with Crippen molar-refractivity contribution >= 4 is 11.9 Å². The monoisotopic (exact) mass is 717 g/mol. The fourth-order valence-electron chi connectivity index (χ4n) is 5.87. The summed E-state index contributed by atoms with van der Waals surface area (Å²) in [5.41, 5.74) is 0. The third-order valence-electron chi connectivity index (χ3n) is 9.13. The highest BCUT2D eigenvalue weighted by molar-refractivity contribution is 5.70. The molecule has 0 bridgehead atoms. The number of unbranched alkanes of at least 4 members (excludes halogenated alkanes) is 19. The lowest BCUT2D eigenvalue weighted by Gasteiger charge is -2.15. The zero-order valence-corrected chi connectivity index (χ0v) is 33.4. The van der Waals surface area contributed by atoms with E-state index < -0.39 is 18.2 Å². The third kappa shape index (κ3) is 38.9. The smallest absolute Gasteiger partial charge is 0.306 e. The van der Waals surface area contributed by atoms with E-state index in [2.05, 4.69) is 32.9 Å². The topological polar surface area (TPSA) is 93.1 Å². The van der Waals surface area contributed by atoms with Gasteiger partial charge < -0.3 is 19.7 Å². The largest absolute Gasteiger partial charge is 0.462 e. The zero-order chi connectivity index (χ0) is 37.5. The van der Waals surface area contributed by atoms with Crippen molar-refractivity contribution in [1.29, 1.82) is 0 Å². The van der Waals surface area contributed by atoms with Gasteiger partial charge in [-0.15, -0.1) is 0 Å². The molecule has 2 N–H and O–H groups in total. The van der Waals surface area contributed by atoms with Gasteiger partial charge in [0.05, 0.1) is 12.7 Å². The Morgan fingerprint density at radius 3 is 1.75 bits per heavy atom. The van der Waals surface area contributed by atoms with Gasteiger partial charge in [0.2, 0.25) is 0 Å². The van der Waals surface area contributed by atoms with Gasteiger partial charge in [0.15, 0.2) is 6.10 Å². The molecule has 0 saturated heterocycles. The Morgan fingerprint density at radius 2 is 1.16 bits per heavy atom. The Bertz CT molecular complexity index is 889. The van der Waals surface area contributed by atoms with Gasteiger partial charge >= 0.3 is 11.9 Å². The van der Waals surface area contributed by atoms with Crippen LogP contribution in [0.4, 0.5) is 0 Å². The second kappa shape index (κ2) is 39.0. The molecule has 0 amide bonds. The predicted molar refractivity (Wildman–Crippen MR) is 216 cm³/mol. The van der Waals surface area contributed by atoms with E-state index in [9.17, 15) is 19.8 Å². The SMILES string of the molecule is CCCCC/C=C\C[C@H](O)/C=C/C=C\C/C=C\CCCC(=O)O[C@@H](CO)COC(=O)CCCCCCCCCCCCCCCCCCC(C)C. The van der Waals surface area contributed by atoms with Crippen LogP contribution in [0, 0.1) is 5.92 Å². The van der Waals surface area contributed by atoms with E-state index in [1.54, 1.807) is 6.08 Å². The lowest BCUT2D eigenvalue weighted by molar-refractivity contribution is -0.161. The molecule has 0 rings (SSSR count). The lowest BCUT2D eigenvalue weighted by Crippen LogP contribution is -2.28. The van der Waals surface area contributed by atoms with Crippen molar-refractivity contribution in [2.45, 2.75) is 206 Å². The number of hydrogen-bond donors (Lipinski definition) is 2. The van der Waals surface area contributed by atoms with Gasteiger partial charge in [-0.05, 0) is 50.9 Å². The first-order chi connectivity index (χ1) is 24.9. The lowest BCUT2D eigenvalue weighted by atomic mass is 10.0. The van der Waals surface area contributed by atoms with Crippen LogP contribution < -0.4 is 0 Å². The summed E-state index contributed by atoms with van der Waals surface area (Å²) in [6.07, 6.45) is 44.9. The highest BCUT2D eigenvalue weighted by Crippen LogP contribution is 2.15. The molecule has 0 fully saturated rings. The molecule has 0 aliphatic heterocycles. The number of esters is 2. The van der Waals surface area contributed by atoms with Crippen molar-refractivity contribution in [1.82, 2.24) is 0 Å². The van der Waals surface area contributed by atoms with E-state index in [1.165, 1.54) is 109 Å². The molecule has 0 aliphatic rings. The van der Waals surface area contributed by atoms with Crippen molar-refractivity contribution in [2.75, 3.05) is 13.2 Å². The third-order valence-corrected chi connectivity index (χ3v) is 9.13. The molecule has 0 aliphatic carbocycles. The molecule has 0 aromatic carbocycles.